The molecule has 2 aromatic carbocycles. The van der Waals surface area contributed by atoms with E-state index >= 15 is 0 Å². The molecular formula is C22H26ClN3O4. The molecule has 0 fully saturated rings. The van der Waals surface area contributed by atoms with E-state index < -0.39 is 11.7 Å². The largest absolute Gasteiger partial charge is 0.444 e. The number of alkyl carbamates (subject to hydrolysis) is 1. The zero-order valence-corrected chi connectivity index (χ0v) is 18.0. The number of carbonyl (C=O) groups excluding carboxylic acids is 3. The van der Waals surface area contributed by atoms with Gasteiger partial charge in [0.05, 0.1) is 17.8 Å². The third-order valence-corrected chi connectivity index (χ3v) is 4.17. The molecule has 0 bridgehead atoms. The smallest absolute Gasteiger partial charge is 0.407 e. The van der Waals surface area contributed by atoms with E-state index in [9.17, 15) is 14.4 Å². The summed E-state index contributed by atoms with van der Waals surface area (Å²) in [6.07, 6.45) is -0.411. The van der Waals surface area contributed by atoms with Crippen molar-refractivity contribution >= 4 is 40.9 Å². The van der Waals surface area contributed by atoms with Gasteiger partial charge in [0, 0.05) is 18.0 Å². The predicted molar refractivity (Wildman–Crippen MR) is 118 cm³/mol. The van der Waals surface area contributed by atoms with Gasteiger partial charge in [0.25, 0.3) is 0 Å². The Bertz CT molecular complexity index is 909. The second-order valence-corrected chi connectivity index (χ2v) is 8.00. The summed E-state index contributed by atoms with van der Waals surface area (Å²) in [5.41, 5.74) is 1.05. The Kier molecular flexibility index (Phi) is 8.24. The first-order valence-electron chi connectivity index (χ1n) is 9.53. The Labute approximate surface area is 181 Å². The molecule has 3 amide bonds. The molecule has 3 N–H and O–H groups in total. The lowest BCUT2D eigenvalue weighted by atomic mass is 10.1. The van der Waals surface area contributed by atoms with Crippen molar-refractivity contribution in [3.8, 4) is 0 Å². The van der Waals surface area contributed by atoms with Crippen molar-refractivity contribution in [2.45, 2.75) is 39.2 Å². The Morgan fingerprint density at radius 1 is 0.900 bits per heavy atom. The van der Waals surface area contributed by atoms with E-state index in [1.807, 2.05) is 6.07 Å². The second kappa shape index (κ2) is 10.6. The first kappa shape index (κ1) is 23.2. The minimum Gasteiger partial charge on any atom is -0.444 e. The first-order valence-corrected chi connectivity index (χ1v) is 9.91. The Hall–Kier alpha value is -3.06. The zero-order chi connectivity index (χ0) is 22.1. The molecule has 0 atom stereocenters. The number of halogens is 1. The quantitative estimate of drug-likeness (QED) is 0.606. The number of carbonyl (C=O) groups is 3. The Balaban J connectivity index is 1.88. The first-order chi connectivity index (χ1) is 14.1. The molecule has 8 heteroatoms. The van der Waals surface area contributed by atoms with Crippen molar-refractivity contribution in [3.05, 3.63) is 59.1 Å². The number of rotatable bonds is 7. The summed E-state index contributed by atoms with van der Waals surface area (Å²) in [5.74, 6) is -0.560. The standard InChI is InChI=1S/C22H26ClN3O4/c1-22(2,3)30-21(29)24-13-12-19(27)25-17-10-6-7-11-18(17)26-20(28)14-15-8-4-5-9-16(15)23/h4-11H,12-14H2,1-3H3,(H,24,29)(H,25,27)(H,26,28). The monoisotopic (exact) mass is 431 g/mol. The molecule has 7 nitrogen and oxygen atoms in total. The van der Waals surface area contributed by atoms with Crippen LogP contribution < -0.4 is 16.0 Å². The molecule has 0 spiro atoms. The van der Waals surface area contributed by atoms with E-state index in [2.05, 4.69) is 16.0 Å². The van der Waals surface area contributed by atoms with Gasteiger partial charge >= 0.3 is 6.09 Å². The van der Waals surface area contributed by atoms with Crippen molar-refractivity contribution in [1.29, 1.82) is 0 Å². The summed E-state index contributed by atoms with van der Waals surface area (Å²) in [6.45, 7) is 5.41. The van der Waals surface area contributed by atoms with Crippen LogP contribution in [0.25, 0.3) is 0 Å². The van der Waals surface area contributed by atoms with Gasteiger partial charge < -0.3 is 20.7 Å². The SMILES string of the molecule is CC(C)(C)OC(=O)NCCC(=O)Nc1ccccc1NC(=O)Cc1ccccc1Cl. The Morgan fingerprint density at radius 3 is 2.07 bits per heavy atom. The fourth-order valence-corrected chi connectivity index (χ4v) is 2.72. The number of benzene rings is 2. The van der Waals surface area contributed by atoms with E-state index in [-0.39, 0.29) is 31.2 Å². The van der Waals surface area contributed by atoms with Gasteiger partial charge in [-0.15, -0.1) is 0 Å². The third-order valence-electron chi connectivity index (χ3n) is 3.80. The highest BCUT2D eigenvalue weighted by molar-refractivity contribution is 6.31. The summed E-state index contributed by atoms with van der Waals surface area (Å²) in [6, 6.07) is 14.0. The van der Waals surface area contributed by atoms with Crippen LogP contribution in [0.4, 0.5) is 16.2 Å². The highest BCUT2D eigenvalue weighted by atomic mass is 35.5. The average molecular weight is 432 g/mol. The predicted octanol–water partition coefficient (Wildman–Crippen LogP) is 4.37. The summed E-state index contributed by atoms with van der Waals surface area (Å²) in [5, 5.41) is 8.58. The summed E-state index contributed by atoms with van der Waals surface area (Å²) in [4.78, 5) is 36.2. The molecule has 0 unspecified atom stereocenters. The number of anilines is 2. The number of ether oxygens (including phenoxy) is 1. The fraction of sp³-hybridized carbons (Fsp3) is 0.318. The average Bonchev–Trinajstić information content (AvgIpc) is 2.64. The Morgan fingerprint density at radius 2 is 1.47 bits per heavy atom. The molecule has 0 aliphatic rings. The van der Waals surface area contributed by atoms with E-state index in [4.69, 9.17) is 16.3 Å². The lowest BCUT2D eigenvalue weighted by Gasteiger charge is -2.19. The summed E-state index contributed by atoms with van der Waals surface area (Å²) in [7, 11) is 0. The maximum absolute atomic E-state index is 12.4. The summed E-state index contributed by atoms with van der Waals surface area (Å²) >= 11 is 6.10. The van der Waals surface area contributed by atoms with Gasteiger partial charge in [-0.05, 0) is 44.5 Å². The van der Waals surface area contributed by atoms with Gasteiger partial charge in [-0.3, -0.25) is 9.59 Å². The van der Waals surface area contributed by atoms with Crippen LogP contribution in [0.1, 0.15) is 32.8 Å². The second-order valence-electron chi connectivity index (χ2n) is 7.59. The molecule has 0 radical (unpaired) electrons. The van der Waals surface area contributed by atoms with Crippen LogP contribution >= 0.6 is 11.6 Å². The highest BCUT2D eigenvalue weighted by Gasteiger charge is 2.16. The molecule has 0 saturated carbocycles. The minimum absolute atomic E-state index is 0.0567. The molecule has 0 aliphatic carbocycles. The molecular weight excluding hydrogens is 406 g/mol. The molecule has 0 aromatic heterocycles. The van der Waals surface area contributed by atoms with Gasteiger partial charge in [-0.25, -0.2) is 4.79 Å². The molecule has 160 valence electrons. The van der Waals surface area contributed by atoms with E-state index in [0.29, 0.717) is 22.0 Å². The normalized spacial score (nSPS) is 10.8. The van der Waals surface area contributed by atoms with Crippen LogP contribution in [0.15, 0.2) is 48.5 Å². The molecule has 0 aliphatic heterocycles. The highest BCUT2D eigenvalue weighted by Crippen LogP contribution is 2.22. The summed E-state index contributed by atoms with van der Waals surface area (Å²) < 4.78 is 5.12. The van der Waals surface area contributed by atoms with Gasteiger partial charge in [-0.2, -0.15) is 0 Å². The number of nitrogens with one attached hydrogen (secondary N) is 3. The van der Waals surface area contributed by atoms with Crippen molar-refractivity contribution in [2.75, 3.05) is 17.2 Å². The van der Waals surface area contributed by atoms with Gasteiger partial charge in [0.2, 0.25) is 11.8 Å². The van der Waals surface area contributed by atoms with Crippen molar-refractivity contribution < 1.29 is 19.1 Å². The van der Waals surface area contributed by atoms with Gasteiger partial charge in [0.1, 0.15) is 5.60 Å². The molecule has 0 saturated heterocycles. The molecule has 2 rings (SSSR count). The van der Waals surface area contributed by atoms with Crippen molar-refractivity contribution in [2.24, 2.45) is 0 Å². The molecule has 30 heavy (non-hydrogen) atoms. The van der Waals surface area contributed by atoms with Crippen LogP contribution in [-0.2, 0) is 20.7 Å². The van der Waals surface area contributed by atoms with Crippen LogP contribution in [0, 0.1) is 0 Å². The van der Waals surface area contributed by atoms with E-state index in [0.717, 1.165) is 0 Å². The van der Waals surface area contributed by atoms with Crippen LogP contribution in [-0.4, -0.2) is 30.1 Å². The topological polar surface area (TPSA) is 96.5 Å². The minimum atomic E-state index is -0.604. The van der Waals surface area contributed by atoms with E-state index in [1.54, 1.807) is 63.2 Å². The fourth-order valence-electron chi connectivity index (χ4n) is 2.52. The van der Waals surface area contributed by atoms with Crippen molar-refractivity contribution in [1.82, 2.24) is 5.32 Å². The van der Waals surface area contributed by atoms with E-state index in [1.165, 1.54) is 0 Å². The van der Waals surface area contributed by atoms with Gasteiger partial charge in [-0.1, -0.05) is 41.9 Å². The lowest BCUT2D eigenvalue weighted by molar-refractivity contribution is -0.116. The number of para-hydroxylation sites is 2. The number of amides is 3. The maximum Gasteiger partial charge on any atom is 0.407 e. The zero-order valence-electron chi connectivity index (χ0n) is 17.3. The molecule has 2 aromatic rings. The number of hydrogen-bond donors (Lipinski definition) is 3. The maximum atomic E-state index is 12.4. The van der Waals surface area contributed by atoms with Crippen LogP contribution in [0.3, 0.4) is 0 Å². The van der Waals surface area contributed by atoms with Gasteiger partial charge in [0.15, 0.2) is 0 Å². The van der Waals surface area contributed by atoms with Crippen molar-refractivity contribution in [3.63, 3.8) is 0 Å². The third kappa shape index (κ3) is 8.13. The lowest BCUT2D eigenvalue weighted by Crippen LogP contribution is -2.34. The van der Waals surface area contributed by atoms with Crippen LogP contribution in [0.5, 0.6) is 0 Å². The molecule has 0 heterocycles. The van der Waals surface area contributed by atoms with Crippen LogP contribution in [0.2, 0.25) is 5.02 Å². The number of hydrogen-bond acceptors (Lipinski definition) is 4.